The van der Waals surface area contributed by atoms with Crippen LogP contribution in [0.4, 0.5) is 0 Å². The van der Waals surface area contributed by atoms with E-state index < -0.39 is 0 Å². The van der Waals surface area contributed by atoms with Gasteiger partial charge in [-0.2, -0.15) is 9.19 Å². The number of hydrogen-bond donors (Lipinski definition) is 0. The summed E-state index contributed by atoms with van der Waals surface area (Å²) in [5.41, 5.74) is 4.25. The molecule has 0 aliphatic carbocycles. The second-order valence-corrected chi connectivity index (χ2v) is 8.41. The zero-order chi connectivity index (χ0) is 18.7. The maximum absolute atomic E-state index is 11.9. The highest BCUT2D eigenvalue weighted by atomic mass is 35.5. The van der Waals surface area contributed by atoms with Crippen molar-refractivity contribution in [2.45, 2.75) is 31.9 Å². The topological polar surface area (TPSA) is 34.9 Å². The Hall–Kier alpha value is -2.04. The predicted octanol–water partition coefficient (Wildman–Crippen LogP) is 5.56. The van der Waals surface area contributed by atoms with Gasteiger partial charge >= 0.3 is 0 Å². The SMILES string of the molecule is CC(C)(C)c1cc(Cl)c(-c2ccccc2)cc1CSn1ncccc1=O. The summed E-state index contributed by atoms with van der Waals surface area (Å²) in [4.78, 5) is 11.9. The van der Waals surface area contributed by atoms with E-state index in [1.54, 1.807) is 12.3 Å². The molecule has 2 aromatic carbocycles. The second-order valence-electron chi connectivity index (χ2n) is 7.11. The summed E-state index contributed by atoms with van der Waals surface area (Å²) >= 11 is 8.00. The number of halogens is 1. The first-order valence-electron chi connectivity index (χ1n) is 8.42. The third-order valence-electron chi connectivity index (χ3n) is 4.11. The van der Waals surface area contributed by atoms with Crippen molar-refractivity contribution in [3.05, 3.63) is 87.3 Å². The van der Waals surface area contributed by atoms with Crippen molar-refractivity contribution in [1.29, 1.82) is 0 Å². The lowest BCUT2D eigenvalue weighted by Gasteiger charge is -2.24. The molecule has 0 aliphatic heterocycles. The van der Waals surface area contributed by atoms with Gasteiger partial charge in [-0.05, 0) is 52.3 Å². The number of benzene rings is 2. The lowest BCUT2D eigenvalue weighted by molar-refractivity contribution is 0.585. The quantitative estimate of drug-likeness (QED) is 0.590. The molecule has 1 aromatic heterocycles. The van der Waals surface area contributed by atoms with Gasteiger partial charge in [0.15, 0.2) is 0 Å². The van der Waals surface area contributed by atoms with Crippen LogP contribution in [0.15, 0.2) is 65.6 Å². The van der Waals surface area contributed by atoms with E-state index in [-0.39, 0.29) is 11.0 Å². The smallest absolute Gasteiger partial charge is 0.267 e. The van der Waals surface area contributed by atoms with Crippen LogP contribution in [-0.2, 0) is 11.2 Å². The zero-order valence-corrected chi connectivity index (χ0v) is 16.6. The molecule has 134 valence electrons. The summed E-state index contributed by atoms with van der Waals surface area (Å²) < 4.78 is 1.42. The standard InChI is InChI=1S/C21H21ClN2OS/c1-21(2,3)18-13-19(22)17(15-8-5-4-6-9-15)12-16(18)14-26-24-20(25)10-7-11-23-24/h4-13H,14H2,1-3H3. The summed E-state index contributed by atoms with van der Waals surface area (Å²) in [7, 11) is 0. The third-order valence-corrected chi connectivity index (χ3v) is 5.38. The molecule has 0 atom stereocenters. The van der Waals surface area contributed by atoms with Crippen molar-refractivity contribution in [2.24, 2.45) is 0 Å². The Bertz CT molecular complexity index is 962. The van der Waals surface area contributed by atoms with E-state index in [0.717, 1.165) is 21.7 Å². The summed E-state index contributed by atoms with van der Waals surface area (Å²) in [6.45, 7) is 6.51. The molecule has 0 N–H and O–H groups in total. The summed E-state index contributed by atoms with van der Waals surface area (Å²) in [5, 5.41) is 4.87. The Morgan fingerprint density at radius 1 is 1.08 bits per heavy atom. The largest absolute Gasteiger partial charge is 0.277 e. The highest BCUT2D eigenvalue weighted by Crippen LogP contribution is 2.37. The van der Waals surface area contributed by atoms with Gasteiger partial charge in [0.05, 0.1) is 0 Å². The Kier molecular flexibility index (Phi) is 5.54. The molecule has 0 unspecified atom stereocenters. The van der Waals surface area contributed by atoms with Crippen LogP contribution in [0.25, 0.3) is 11.1 Å². The van der Waals surface area contributed by atoms with Crippen molar-refractivity contribution in [2.75, 3.05) is 0 Å². The van der Waals surface area contributed by atoms with Gasteiger partial charge < -0.3 is 0 Å². The van der Waals surface area contributed by atoms with E-state index >= 15 is 0 Å². The molecule has 3 aromatic rings. The summed E-state index contributed by atoms with van der Waals surface area (Å²) in [6.07, 6.45) is 1.62. The monoisotopic (exact) mass is 384 g/mol. The fourth-order valence-electron chi connectivity index (χ4n) is 2.85. The molecule has 0 radical (unpaired) electrons. The van der Waals surface area contributed by atoms with Gasteiger partial charge in [0.2, 0.25) is 0 Å². The van der Waals surface area contributed by atoms with E-state index in [0.29, 0.717) is 5.75 Å². The molecule has 0 fully saturated rings. The Morgan fingerprint density at radius 2 is 1.81 bits per heavy atom. The number of hydrogen-bond acceptors (Lipinski definition) is 3. The molecule has 3 nitrogen and oxygen atoms in total. The fraction of sp³-hybridized carbons (Fsp3) is 0.238. The van der Waals surface area contributed by atoms with Gasteiger partial charge in [-0.3, -0.25) is 4.79 Å². The normalized spacial score (nSPS) is 11.5. The van der Waals surface area contributed by atoms with Gasteiger partial charge in [-0.1, -0.05) is 62.7 Å². The van der Waals surface area contributed by atoms with E-state index in [4.69, 9.17) is 11.6 Å². The molecule has 0 saturated heterocycles. The first-order chi connectivity index (χ1) is 12.4. The average Bonchev–Trinajstić information content (AvgIpc) is 2.61. The van der Waals surface area contributed by atoms with Crippen LogP contribution in [0, 0.1) is 0 Å². The number of rotatable bonds is 4. The van der Waals surface area contributed by atoms with Crippen molar-refractivity contribution in [3.8, 4) is 11.1 Å². The van der Waals surface area contributed by atoms with Crippen LogP contribution in [0.1, 0.15) is 31.9 Å². The molecule has 0 aliphatic rings. The van der Waals surface area contributed by atoms with Gasteiger partial charge in [0, 0.05) is 28.6 Å². The maximum atomic E-state index is 11.9. The van der Waals surface area contributed by atoms with E-state index in [1.807, 2.05) is 18.2 Å². The second kappa shape index (κ2) is 7.68. The van der Waals surface area contributed by atoms with Gasteiger partial charge in [0.1, 0.15) is 0 Å². The van der Waals surface area contributed by atoms with Crippen LogP contribution in [0.3, 0.4) is 0 Å². The van der Waals surface area contributed by atoms with Crippen molar-refractivity contribution in [1.82, 2.24) is 9.19 Å². The molecule has 0 amide bonds. The summed E-state index contributed by atoms with van der Waals surface area (Å²) in [5.74, 6) is 0.639. The van der Waals surface area contributed by atoms with E-state index in [2.05, 4.69) is 50.1 Å². The average molecular weight is 385 g/mol. The minimum atomic E-state index is -0.118. The molecular weight excluding hydrogens is 364 g/mol. The molecule has 1 heterocycles. The van der Waals surface area contributed by atoms with Crippen LogP contribution in [0.5, 0.6) is 0 Å². The van der Waals surface area contributed by atoms with Crippen molar-refractivity contribution >= 4 is 23.5 Å². The molecule has 3 rings (SSSR count). The van der Waals surface area contributed by atoms with E-state index in [9.17, 15) is 4.79 Å². The highest BCUT2D eigenvalue weighted by Gasteiger charge is 2.21. The molecule has 0 spiro atoms. The minimum Gasteiger partial charge on any atom is -0.267 e. The van der Waals surface area contributed by atoms with Gasteiger partial charge in [-0.15, -0.1) is 0 Å². The van der Waals surface area contributed by atoms with Gasteiger partial charge in [-0.25, -0.2) is 0 Å². The van der Waals surface area contributed by atoms with Crippen molar-refractivity contribution in [3.63, 3.8) is 0 Å². The Morgan fingerprint density at radius 3 is 2.46 bits per heavy atom. The van der Waals surface area contributed by atoms with Gasteiger partial charge in [0.25, 0.3) is 5.56 Å². The lowest BCUT2D eigenvalue weighted by atomic mass is 9.83. The van der Waals surface area contributed by atoms with Crippen LogP contribution in [-0.4, -0.2) is 9.19 Å². The third kappa shape index (κ3) is 4.19. The molecule has 26 heavy (non-hydrogen) atoms. The number of aromatic nitrogens is 2. The minimum absolute atomic E-state index is 0.0518. The maximum Gasteiger partial charge on any atom is 0.277 e. The highest BCUT2D eigenvalue weighted by molar-refractivity contribution is 7.96. The molecule has 0 saturated carbocycles. The predicted molar refractivity (Wildman–Crippen MR) is 111 cm³/mol. The molecule has 5 heteroatoms. The molecular formula is C21H21ClN2OS. The van der Waals surface area contributed by atoms with Crippen molar-refractivity contribution < 1.29 is 0 Å². The first-order valence-corrected chi connectivity index (χ1v) is 9.74. The lowest BCUT2D eigenvalue weighted by Crippen LogP contribution is -2.17. The van der Waals surface area contributed by atoms with Crippen LogP contribution >= 0.6 is 23.5 Å². The molecule has 0 bridgehead atoms. The van der Waals surface area contributed by atoms with E-state index in [1.165, 1.54) is 27.7 Å². The number of nitrogens with zero attached hydrogens (tertiary/aromatic N) is 2. The first kappa shape index (κ1) is 18.7. The van der Waals surface area contributed by atoms with Crippen LogP contribution in [0.2, 0.25) is 5.02 Å². The fourth-order valence-corrected chi connectivity index (χ4v) is 3.93. The Labute approximate surface area is 163 Å². The summed E-state index contributed by atoms with van der Waals surface area (Å²) in [6, 6.07) is 17.5. The zero-order valence-electron chi connectivity index (χ0n) is 15.1. The Balaban J connectivity index is 2.03. The van der Waals surface area contributed by atoms with Crippen LogP contribution < -0.4 is 5.56 Å².